The number of hydrogen-bond acceptors (Lipinski definition) is 3. The lowest BCUT2D eigenvalue weighted by molar-refractivity contribution is -0.128. The number of furan rings is 1. The predicted octanol–water partition coefficient (Wildman–Crippen LogP) is 6.68. The van der Waals surface area contributed by atoms with Crippen LogP contribution in [0.5, 0.6) is 5.75 Å². The first-order chi connectivity index (χ1) is 14.1. The molecule has 0 saturated heterocycles. The van der Waals surface area contributed by atoms with Gasteiger partial charge in [0.2, 0.25) is 0 Å². The van der Waals surface area contributed by atoms with Crippen molar-refractivity contribution in [2.24, 2.45) is 0 Å². The van der Waals surface area contributed by atoms with E-state index in [4.69, 9.17) is 9.15 Å². The van der Waals surface area contributed by atoms with Crippen LogP contribution in [-0.4, -0.2) is 11.5 Å². The molecule has 0 aliphatic rings. The Morgan fingerprint density at radius 2 is 1.50 bits per heavy atom. The summed E-state index contributed by atoms with van der Waals surface area (Å²) < 4.78 is 11.9. The third-order valence-corrected chi connectivity index (χ3v) is 5.28. The third kappa shape index (κ3) is 3.90. The molecule has 1 heterocycles. The maximum Gasteiger partial charge on any atom is 0.267 e. The average molecular weight is 402 g/mol. The van der Waals surface area contributed by atoms with Crippen molar-refractivity contribution in [2.45, 2.75) is 45.6 Å². The molecule has 0 aliphatic heterocycles. The largest absolute Gasteiger partial charge is 0.478 e. The van der Waals surface area contributed by atoms with Crippen LogP contribution >= 0.6 is 0 Å². The molecule has 1 aromatic heterocycles. The Hall–Kier alpha value is -3.27. The van der Waals surface area contributed by atoms with Crippen molar-refractivity contribution in [3.63, 3.8) is 0 Å². The van der Waals surface area contributed by atoms with E-state index in [0.29, 0.717) is 11.4 Å². The first-order valence-electron chi connectivity index (χ1n) is 10.2. The first kappa shape index (κ1) is 20.0. The van der Waals surface area contributed by atoms with Crippen LogP contribution < -0.4 is 10.1 Å². The second-order valence-electron chi connectivity index (χ2n) is 9.15. The molecular weight excluding hydrogens is 374 g/mol. The summed E-state index contributed by atoms with van der Waals surface area (Å²) in [6.45, 7) is 10.0. The maximum absolute atomic E-state index is 12.9. The number of nitrogens with one attached hydrogen (secondary N) is 1. The van der Waals surface area contributed by atoms with Crippen molar-refractivity contribution in [2.75, 3.05) is 5.32 Å². The van der Waals surface area contributed by atoms with Gasteiger partial charge in [0.25, 0.3) is 5.91 Å². The van der Waals surface area contributed by atoms with Gasteiger partial charge in [0.15, 0.2) is 5.60 Å². The molecule has 3 aromatic carbocycles. The lowest BCUT2D eigenvalue weighted by atomic mass is 9.87. The Morgan fingerprint density at radius 3 is 2.20 bits per heavy atom. The van der Waals surface area contributed by atoms with Gasteiger partial charge in [-0.1, -0.05) is 51.1 Å². The summed E-state index contributed by atoms with van der Waals surface area (Å²) in [5.74, 6) is 0.439. The number of ether oxygens (including phenoxy) is 1. The zero-order chi connectivity index (χ0) is 21.5. The molecule has 1 amide bonds. The SMILES string of the molecule is CC(C)(Oc1ccc(C(C)(C)C)cc1)C(=O)Nc1ccc2c(c1)oc1ccccc12. The molecule has 0 spiro atoms. The van der Waals surface area contributed by atoms with Gasteiger partial charge < -0.3 is 14.5 Å². The summed E-state index contributed by atoms with van der Waals surface area (Å²) in [4.78, 5) is 12.9. The molecule has 0 bridgehead atoms. The van der Waals surface area contributed by atoms with E-state index in [1.807, 2.05) is 66.7 Å². The van der Waals surface area contributed by atoms with Crippen LogP contribution in [0.1, 0.15) is 40.2 Å². The van der Waals surface area contributed by atoms with Gasteiger partial charge in [-0.2, -0.15) is 0 Å². The van der Waals surface area contributed by atoms with E-state index < -0.39 is 5.60 Å². The molecule has 0 fully saturated rings. The molecule has 154 valence electrons. The molecule has 4 heteroatoms. The van der Waals surface area contributed by atoms with E-state index in [1.54, 1.807) is 13.8 Å². The smallest absolute Gasteiger partial charge is 0.267 e. The minimum atomic E-state index is -1.04. The topological polar surface area (TPSA) is 51.5 Å². The second kappa shape index (κ2) is 7.21. The van der Waals surface area contributed by atoms with Crippen molar-refractivity contribution < 1.29 is 13.9 Å². The standard InChI is InChI=1S/C26H27NO3/c1-25(2,3)17-10-13-19(14-11-17)30-26(4,5)24(28)27-18-12-15-21-20-8-6-7-9-22(20)29-23(21)16-18/h6-16H,1-5H3,(H,27,28). The van der Waals surface area contributed by atoms with Gasteiger partial charge in [0.1, 0.15) is 16.9 Å². The number of carbonyl (C=O) groups is 1. The lowest BCUT2D eigenvalue weighted by Crippen LogP contribution is -2.42. The number of rotatable bonds is 4. The lowest BCUT2D eigenvalue weighted by Gasteiger charge is -2.26. The van der Waals surface area contributed by atoms with Crippen LogP contribution in [0.25, 0.3) is 21.9 Å². The monoisotopic (exact) mass is 401 g/mol. The van der Waals surface area contributed by atoms with E-state index in [0.717, 1.165) is 21.9 Å². The fraction of sp³-hybridized carbons (Fsp3) is 0.269. The van der Waals surface area contributed by atoms with Crippen molar-refractivity contribution in [3.05, 3.63) is 72.3 Å². The summed E-state index contributed by atoms with van der Waals surface area (Å²) in [6, 6.07) is 21.5. The van der Waals surface area contributed by atoms with Crippen molar-refractivity contribution >= 4 is 33.5 Å². The minimum absolute atomic E-state index is 0.0702. The first-order valence-corrected chi connectivity index (χ1v) is 10.2. The second-order valence-corrected chi connectivity index (χ2v) is 9.15. The van der Waals surface area contributed by atoms with Crippen LogP contribution in [-0.2, 0) is 10.2 Å². The Morgan fingerprint density at radius 1 is 0.833 bits per heavy atom. The molecule has 30 heavy (non-hydrogen) atoms. The van der Waals surface area contributed by atoms with E-state index >= 15 is 0 Å². The van der Waals surface area contributed by atoms with E-state index in [-0.39, 0.29) is 11.3 Å². The molecular formula is C26H27NO3. The number of amides is 1. The highest BCUT2D eigenvalue weighted by atomic mass is 16.5. The summed E-state index contributed by atoms with van der Waals surface area (Å²) >= 11 is 0. The zero-order valence-electron chi connectivity index (χ0n) is 18.1. The van der Waals surface area contributed by atoms with Crippen molar-refractivity contribution in [1.82, 2.24) is 0 Å². The molecule has 0 radical (unpaired) electrons. The highest BCUT2D eigenvalue weighted by Gasteiger charge is 2.30. The Balaban J connectivity index is 1.51. The van der Waals surface area contributed by atoms with E-state index in [1.165, 1.54) is 5.56 Å². The number of hydrogen-bond donors (Lipinski definition) is 1. The quantitative estimate of drug-likeness (QED) is 0.415. The number of fused-ring (bicyclic) bond motifs is 3. The van der Waals surface area contributed by atoms with Crippen LogP contribution in [0.2, 0.25) is 0 Å². The van der Waals surface area contributed by atoms with Crippen LogP contribution in [0, 0.1) is 0 Å². The normalized spacial score (nSPS) is 12.3. The van der Waals surface area contributed by atoms with Crippen LogP contribution in [0.3, 0.4) is 0 Å². The van der Waals surface area contributed by atoms with Gasteiger partial charge in [-0.05, 0) is 55.2 Å². The summed E-state index contributed by atoms with van der Waals surface area (Å²) in [5, 5.41) is 5.04. The van der Waals surface area contributed by atoms with Gasteiger partial charge in [0.05, 0.1) is 0 Å². The molecule has 0 aliphatic carbocycles. The predicted molar refractivity (Wildman–Crippen MR) is 122 cm³/mol. The molecule has 0 saturated carbocycles. The number of anilines is 1. The molecule has 0 atom stereocenters. The number of carbonyl (C=O) groups excluding carboxylic acids is 1. The third-order valence-electron chi connectivity index (χ3n) is 5.28. The summed E-state index contributed by atoms with van der Waals surface area (Å²) in [6.07, 6.45) is 0. The van der Waals surface area contributed by atoms with E-state index in [2.05, 4.69) is 26.1 Å². The maximum atomic E-state index is 12.9. The number of benzene rings is 3. The Kier molecular flexibility index (Phi) is 4.81. The number of para-hydroxylation sites is 1. The minimum Gasteiger partial charge on any atom is -0.478 e. The van der Waals surface area contributed by atoms with Gasteiger partial charge in [-0.3, -0.25) is 4.79 Å². The molecule has 1 N–H and O–H groups in total. The zero-order valence-corrected chi connectivity index (χ0v) is 18.1. The highest BCUT2D eigenvalue weighted by Crippen LogP contribution is 2.31. The van der Waals surface area contributed by atoms with Gasteiger partial charge >= 0.3 is 0 Å². The molecule has 4 nitrogen and oxygen atoms in total. The van der Waals surface area contributed by atoms with Crippen LogP contribution in [0.4, 0.5) is 5.69 Å². The summed E-state index contributed by atoms with van der Waals surface area (Å²) in [7, 11) is 0. The molecule has 4 aromatic rings. The van der Waals surface area contributed by atoms with Crippen LogP contribution in [0.15, 0.2) is 71.1 Å². The highest BCUT2D eigenvalue weighted by molar-refractivity contribution is 6.06. The van der Waals surface area contributed by atoms with E-state index in [9.17, 15) is 4.79 Å². The fourth-order valence-corrected chi connectivity index (χ4v) is 3.45. The van der Waals surface area contributed by atoms with Gasteiger partial charge in [-0.25, -0.2) is 0 Å². The van der Waals surface area contributed by atoms with Gasteiger partial charge in [0, 0.05) is 22.5 Å². The molecule has 0 unspecified atom stereocenters. The van der Waals surface area contributed by atoms with Gasteiger partial charge in [-0.15, -0.1) is 0 Å². The van der Waals surface area contributed by atoms with Crippen molar-refractivity contribution in [1.29, 1.82) is 0 Å². The average Bonchev–Trinajstić information content (AvgIpc) is 3.05. The summed E-state index contributed by atoms with van der Waals surface area (Å²) in [5.41, 5.74) is 2.50. The Labute approximate surface area is 176 Å². The van der Waals surface area contributed by atoms with Crippen molar-refractivity contribution in [3.8, 4) is 5.75 Å². The molecule has 4 rings (SSSR count). The fourth-order valence-electron chi connectivity index (χ4n) is 3.45. The Bertz CT molecular complexity index is 1210.